The van der Waals surface area contributed by atoms with Crippen molar-refractivity contribution in [1.82, 2.24) is 9.80 Å². The lowest BCUT2D eigenvalue weighted by atomic mass is 10.0. The summed E-state index contributed by atoms with van der Waals surface area (Å²) in [5.41, 5.74) is 6.80. The Labute approximate surface area is 128 Å². The number of imide groups is 1. The van der Waals surface area contributed by atoms with Crippen LogP contribution in [0.25, 0.3) is 0 Å². The standard InChI is InChI=1S/C16H19N3O3/c1-9-5-10(7-17)8-19(9)14(20)11-3-4-12-13(6-11)16(22)18(2)15(12)21/h3-4,6,9-10H,5,7-8,17H2,1-2H3. The highest BCUT2D eigenvalue weighted by atomic mass is 16.2. The molecule has 2 unspecified atom stereocenters. The van der Waals surface area contributed by atoms with Crippen molar-refractivity contribution in [3.8, 4) is 0 Å². The van der Waals surface area contributed by atoms with E-state index in [1.54, 1.807) is 17.0 Å². The van der Waals surface area contributed by atoms with Crippen LogP contribution in [-0.2, 0) is 0 Å². The van der Waals surface area contributed by atoms with Crippen LogP contribution in [-0.4, -0.2) is 53.7 Å². The molecule has 2 heterocycles. The summed E-state index contributed by atoms with van der Waals surface area (Å²) in [5, 5.41) is 0. The number of amides is 3. The molecule has 0 aliphatic carbocycles. The van der Waals surface area contributed by atoms with Crippen molar-refractivity contribution in [3.63, 3.8) is 0 Å². The molecule has 0 bridgehead atoms. The number of nitrogens with zero attached hydrogens (tertiary/aromatic N) is 2. The molecule has 0 spiro atoms. The van der Waals surface area contributed by atoms with Gasteiger partial charge in [0.25, 0.3) is 17.7 Å². The molecule has 2 atom stereocenters. The normalized spacial score (nSPS) is 24.1. The molecule has 3 amide bonds. The predicted molar refractivity (Wildman–Crippen MR) is 80.5 cm³/mol. The van der Waals surface area contributed by atoms with E-state index < -0.39 is 0 Å². The van der Waals surface area contributed by atoms with Crippen LogP contribution in [0.15, 0.2) is 18.2 Å². The summed E-state index contributed by atoms with van der Waals surface area (Å²) in [4.78, 5) is 39.4. The Morgan fingerprint density at radius 3 is 2.59 bits per heavy atom. The summed E-state index contributed by atoms with van der Waals surface area (Å²) in [7, 11) is 1.44. The number of nitrogens with two attached hydrogens (primary N) is 1. The van der Waals surface area contributed by atoms with E-state index in [4.69, 9.17) is 5.73 Å². The quantitative estimate of drug-likeness (QED) is 0.816. The van der Waals surface area contributed by atoms with Crippen molar-refractivity contribution in [2.24, 2.45) is 11.7 Å². The van der Waals surface area contributed by atoms with Crippen LogP contribution in [0.4, 0.5) is 0 Å². The maximum Gasteiger partial charge on any atom is 0.261 e. The van der Waals surface area contributed by atoms with E-state index in [0.717, 1.165) is 11.3 Å². The number of fused-ring (bicyclic) bond motifs is 1. The Bertz CT molecular complexity index is 671. The monoisotopic (exact) mass is 301 g/mol. The van der Waals surface area contributed by atoms with Crippen molar-refractivity contribution < 1.29 is 14.4 Å². The largest absolute Gasteiger partial charge is 0.336 e. The lowest BCUT2D eigenvalue weighted by molar-refractivity contribution is 0.0692. The van der Waals surface area contributed by atoms with Gasteiger partial charge in [0, 0.05) is 25.2 Å². The van der Waals surface area contributed by atoms with Crippen LogP contribution in [0.2, 0.25) is 0 Å². The Morgan fingerprint density at radius 2 is 1.95 bits per heavy atom. The fourth-order valence-electron chi connectivity index (χ4n) is 3.26. The number of hydrogen-bond acceptors (Lipinski definition) is 4. The van der Waals surface area contributed by atoms with Gasteiger partial charge in [0.2, 0.25) is 0 Å². The van der Waals surface area contributed by atoms with Crippen LogP contribution in [0.1, 0.15) is 44.4 Å². The molecule has 2 N–H and O–H groups in total. The average molecular weight is 301 g/mol. The van der Waals surface area contributed by atoms with Crippen molar-refractivity contribution in [3.05, 3.63) is 34.9 Å². The molecule has 0 saturated carbocycles. The topological polar surface area (TPSA) is 83.7 Å². The molecule has 6 nitrogen and oxygen atoms in total. The van der Waals surface area contributed by atoms with Gasteiger partial charge in [-0.05, 0) is 44.0 Å². The minimum Gasteiger partial charge on any atom is -0.336 e. The SMILES string of the molecule is CC1CC(CN)CN1C(=O)c1ccc2c(c1)C(=O)N(C)C2=O. The molecule has 1 fully saturated rings. The van der Waals surface area contributed by atoms with E-state index in [-0.39, 0.29) is 23.8 Å². The molecule has 1 aromatic rings. The van der Waals surface area contributed by atoms with E-state index in [0.29, 0.717) is 35.7 Å². The van der Waals surface area contributed by atoms with Crippen molar-refractivity contribution in [1.29, 1.82) is 0 Å². The smallest absolute Gasteiger partial charge is 0.261 e. The molecule has 6 heteroatoms. The van der Waals surface area contributed by atoms with Gasteiger partial charge in [0.1, 0.15) is 0 Å². The number of rotatable bonds is 2. The van der Waals surface area contributed by atoms with Crippen LogP contribution in [0, 0.1) is 5.92 Å². The summed E-state index contributed by atoms with van der Waals surface area (Å²) >= 11 is 0. The number of benzene rings is 1. The second kappa shape index (κ2) is 5.21. The lowest BCUT2D eigenvalue weighted by Crippen LogP contribution is -2.34. The van der Waals surface area contributed by atoms with E-state index in [9.17, 15) is 14.4 Å². The van der Waals surface area contributed by atoms with Crippen LogP contribution < -0.4 is 5.73 Å². The Kier molecular flexibility index (Phi) is 3.48. The number of likely N-dealkylation sites (tertiary alicyclic amines) is 1. The number of carbonyl (C=O) groups is 3. The highest BCUT2D eigenvalue weighted by molar-refractivity contribution is 6.21. The Hall–Kier alpha value is -2.21. The van der Waals surface area contributed by atoms with Gasteiger partial charge in [0.15, 0.2) is 0 Å². The van der Waals surface area contributed by atoms with Crippen molar-refractivity contribution >= 4 is 17.7 Å². The van der Waals surface area contributed by atoms with Crippen LogP contribution in [0.5, 0.6) is 0 Å². The summed E-state index contributed by atoms with van der Waals surface area (Å²) in [5.74, 6) is -0.468. The molecule has 1 saturated heterocycles. The minimum absolute atomic E-state index is 0.110. The number of carbonyl (C=O) groups excluding carboxylic acids is 3. The zero-order valence-electron chi connectivity index (χ0n) is 12.7. The first-order chi connectivity index (χ1) is 10.4. The number of hydrogen-bond donors (Lipinski definition) is 1. The van der Waals surface area contributed by atoms with Crippen LogP contribution >= 0.6 is 0 Å². The molecular weight excluding hydrogens is 282 g/mol. The fourth-order valence-corrected chi connectivity index (χ4v) is 3.26. The first kappa shape index (κ1) is 14.7. The highest BCUT2D eigenvalue weighted by Gasteiger charge is 2.35. The second-order valence-electron chi connectivity index (χ2n) is 6.07. The maximum absolute atomic E-state index is 12.7. The first-order valence-corrected chi connectivity index (χ1v) is 7.41. The summed E-state index contributed by atoms with van der Waals surface area (Å²) in [6.45, 7) is 3.21. The lowest BCUT2D eigenvalue weighted by Gasteiger charge is -2.21. The average Bonchev–Trinajstić information content (AvgIpc) is 3.00. The van der Waals surface area contributed by atoms with Gasteiger partial charge in [-0.15, -0.1) is 0 Å². The van der Waals surface area contributed by atoms with Gasteiger partial charge >= 0.3 is 0 Å². The summed E-state index contributed by atoms with van der Waals surface area (Å²) in [6, 6.07) is 4.85. The summed E-state index contributed by atoms with van der Waals surface area (Å²) in [6.07, 6.45) is 0.896. The minimum atomic E-state index is -0.357. The molecule has 3 rings (SSSR count). The Balaban J connectivity index is 1.90. The second-order valence-corrected chi connectivity index (χ2v) is 6.07. The molecule has 116 valence electrons. The van der Waals surface area contributed by atoms with Crippen LogP contribution in [0.3, 0.4) is 0 Å². The van der Waals surface area contributed by atoms with Gasteiger partial charge in [0.05, 0.1) is 11.1 Å². The van der Waals surface area contributed by atoms with E-state index in [2.05, 4.69) is 0 Å². The zero-order valence-corrected chi connectivity index (χ0v) is 12.7. The van der Waals surface area contributed by atoms with E-state index in [1.165, 1.54) is 13.1 Å². The van der Waals surface area contributed by atoms with Crippen molar-refractivity contribution in [2.75, 3.05) is 20.1 Å². The summed E-state index contributed by atoms with van der Waals surface area (Å²) < 4.78 is 0. The third-order valence-corrected chi connectivity index (χ3v) is 4.59. The first-order valence-electron chi connectivity index (χ1n) is 7.41. The molecule has 2 aliphatic heterocycles. The molecule has 0 aromatic heterocycles. The van der Waals surface area contributed by atoms with Gasteiger partial charge < -0.3 is 10.6 Å². The third kappa shape index (κ3) is 2.11. The maximum atomic E-state index is 12.7. The van der Waals surface area contributed by atoms with Gasteiger partial charge in [-0.2, -0.15) is 0 Å². The van der Waals surface area contributed by atoms with E-state index in [1.807, 2.05) is 6.92 Å². The Morgan fingerprint density at radius 1 is 1.27 bits per heavy atom. The third-order valence-electron chi connectivity index (χ3n) is 4.59. The molecule has 0 radical (unpaired) electrons. The van der Waals surface area contributed by atoms with Gasteiger partial charge in [-0.1, -0.05) is 0 Å². The van der Waals surface area contributed by atoms with E-state index >= 15 is 0 Å². The zero-order chi connectivity index (χ0) is 16.0. The molecule has 2 aliphatic rings. The predicted octanol–water partition coefficient (Wildman–Crippen LogP) is 0.722. The van der Waals surface area contributed by atoms with Gasteiger partial charge in [-0.3, -0.25) is 19.3 Å². The van der Waals surface area contributed by atoms with Gasteiger partial charge in [-0.25, -0.2) is 0 Å². The molecule has 22 heavy (non-hydrogen) atoms. The fraction of sp³-hybridized carbons (Fsp3) is 0.438. The van der Waals surface area contributed by atoms with Crippen molar-refractivity contribution in [2.45, 2.75) is 19.4 Å². The molecule has 1 aromatic carbocycles. The molecular formula is C16H19N3O3. The highest BCUT2D eigenvalue weighted by Crippen LogP contribution is 2.27.